The standard InChI is InChI=1S/C17H21N3O2/c1-3-14(21)9-10-18-17(22)15-11-19-16(20-12(15)2)13-7-5-4-6-8-13/h4-8,11,14,21H,3,9-10H2,1-2H3,(H,18,22). The molecule has 2 N–H and O–H groups in total. The van der Waals surface area contributed by atoms with Gasteiger partial charge in [-0.2, -0.15) is 0 Å². The van der Waals surface area contributed by atoms with E-state index in [0.29, 0.717) is 36.5 Å². The molecule has 1 unspecified atom stereocenters. The number of carbonyl (C=O) groups is 1. The number of carbonyl (C=O) groups excluding carboxylic acids is 1. The van der Waals surface area contributed by atoms with E-state index < -0.39 is 0 Å². The van der Waals surface area contributed by atoms with Gasteiger partial charge in [-0.15, -0.1) is 0 Å². The normalized spacial score (nSPS) is 12.0. The fourth-order valence-corrected chi connectivity index (χ4v) is 2.07. The lowest BCUT2D eigenvalue weighted by Crippen LogP contribution is -2.28. The van der Waals surface area contributed by atoms with Crippen LogP contribution in [-0.4, -0.2) is 33.6 Å². The molecule has 5 nitrogen and oxygen atoms in total. The average Bonchev–Trinajstić information content (AvgIpc) is 2.55. The first-order valence-corrected chi connectivity index (χ1v) is 7.47. The smallest absolute Gasteiger partial charge is 0.254 e. The minimum Gasteiger partial charge on any atom is -0.393 e. The third-order valence-electron chi connectivity index (χ3n) is 3.49. The first-order chi connectivity index (χ1) is 10.6. The van der Waals surface area contributed by atoms with Gasteiger partial charge in [0.1, 0.15) is 0 Å². The van der Waals surface area contributed by atoms with Crippen molar-refractivity contribution in [3.05, 3.63) is 47.8 Å². The number of amides is 1. The van der Waals surface area contributed by atoms with Crippen LogP contribution in [0.3, 0.4) is 0 Å². The molecule has 1 aromatic carbocycles. The van der Waals surface area contributed by atoms with Gasteiger partial charge >= 0.3 is 0 Å². The van der Waals surface area contributed by atoms with Crippen molar-refractivity contribution < 1.29 is 9.90 Å². The Kier molecular flexibility index (Phi) is 5.61. The molecule has 1 heterocycles. The topological polar surface area (TPSA) is 75.1 Å². The van der Waals surface area contributed by atoms with Crippen molar-refractivity contribution in [2.24, 2.45) is 0 Å². The molecule has 1 amide bonds. The monoisotopic (exact) mass is 299 g/mol. The van der Waals surface area contributed by atoms with Crippen LogP contribution in [-0.2, 0) is 0 Å². The number of nitrogens with zero attached hydrogens (tertiary/aromatic N) is 2. The highest BCUT2D eigenvalue weighted by Gasteiger charge is 2.12. The molecule has 0 aliphatic carbocycles. The van der Waals surface area contributed by atoms with Gasteiger partial charge in [-0.05, 0) is 19.8 Å². The third-order valence-corrected chi connectivity index (χ3v) is 3.49. The molecule has 0 aliphatic heterocycles. The van der Waals surface area contributed by atoms with E-state index in [4.69, 9.17) is 0 Å². The summed E-state index contributed by atoms with van der Waals surface area (Å²) in [4.78, 5) is 20.8. The Morgan fingerprint density at radius 1 is 1.32 bits per heavy atom. The highest BCUT2D eigenvalue weighted by atomic mass is 16.3. The van der Waals surface area contributed by atoms with Gasteiger partial charge in [0, 0.05) is 18.3 Å². The third kappa shape index (κ3) is 4.11. The second kappa shape index (κ2) is 7.66. The fourth-order valence-electron chi connectivity index (χ4n) is 2.07. The number of benzene rings is 1. The van der Waals surface area contributed by atoms with Crippen molar-refractivity contribution in [2.75, 3.05) is 6.54 Å². The van der Waals surface area contributed by atoms with Crippen LogP contribution in [0.15, 0.2) is 36.5 Å². The zero-order valence-electron chi connectivity index (χ0n) is 12.9. The molecule has 0 fully saturated rings. The van der Waals surface area contributed by atoms with Crippen molar-refractivity contribution in [3.63, 3.8) is 0 Å². The average molecular weight is 299 g/mol. The number of nitrogens with one attached hydrogen (secondary N) is 1. The summed E-state index contributed by atoms with van der Waals surface area (Å²) in [6.45, 7) is 4.14. The molecule has 0 radical (unpaired) electrons. The highest BCUT2D eigenvalue weighted by Crippen LogP contribution is 2.15. The number of aliphatic hydroxyl groups excluding tert-OH is 1. The van der Waals surface area contributed by atoms with E-state index in [1.54, 1.807) is 13.1 Å². The van der Waals surface area contributed by atoms with Gasteiger partial charge in [0.15, 0.2) is 5.82 Å². The predicted octanol–water partition coefficient (Wildman–Crippen LogP) is 2.34. The Labute approximate surface area is 130 Å². The Morgan fingerprint density at radius 3 is 2.68 bits per heavy atom. The maximum absolute atomic E-state index is 12.1. The van der Waals surface area contributed by atoms with Crippen LogP contribution < -0.4 is 5.32 Å². The zero-order chi connectivity index (χ0) is 15.9. The predicted molar refractivity (Wildman–Crippen MR) is 85.5 cm³/mol. The number of hydrogen-bond donors (Lipinski definition) is 2. The van der Waals surface area contributed by atoms with Gasteiger partial charge in [-0.3, -0.25) is 4.79 Å². The first kappa shape index (κ1) is 16.1. The number of aliphatic hydroxyl groups is 1. The summed E-state index contributed by atoms with van der Waals surface area (Å²) in [5.41, 5.74) is 2.02. The van der Waals surface area contributed by atoms with Crippen LogP contribution in [0.2, 0.25) is 0 Å². The van der Waals surface area contributed by atoms with Crippen LogP contribution >= 0.6 is 0 Å². The van der Waals surface area contributed by atoms with Gasteiger partial charge in [0.2, 0.25) is 0 Å². The van der Waals surface area contributed by atoms with E-state index in [1.807, 2.05) is 37.3 Å². The van der Waals surface area contributed by atoms with E-state index >= 15 is 0 Å². The summed E-state index contributed by atoms with van der Waals surface area (Å²) in [7, 11) is 0. The molecule has 1 atom stereocenters. The maximum Gasteiger partial charge on any atom is 0.254 e. The SMILES string of the molecule is CCC(O)CCNC(=O)c1cnc(-c2ccccc2)nc1C. The van der Waals surface area contributed by atoms with Crippen molar-refractivity contribution >= 4 is 5.91 Å². The second-order valence-corrected chi connectivity index (χ2v) is 5.17. The highest BCUT2D eigenvalue weighted by molar-refractivity contribution is 5.95. The van der Waals surface area contributed by atoms with Gasteiger partial charge < -0.3 is 10.4 Å². The molecule has 2 aromatic rings. The van der Waals surface area contributed by atoms with Crippen molar-refractivity contribution in [1.82, 2.24) is 15.3 Å². The molecule has 0 saturated carbocycles. The van der Waals surface area contributed by atoms with E-state index in [-0.39, 0.29) is 12.0 Å². The molecule has 0 bridgehead atoms. The van der Waals surface area contributed by atoms with Crippen LogP contribution in [0.25, 0.3) is 11.4 Å². The van der Waals surface area contributed by atoms with E-state index in [9.17, 15) is 9.90 Å². The number of aryl methyl sites for hydroxylation is 1. The van der Waals surface area contributed by atoms with Crippen LogP contribution in [0.5, 0.6) is 0 Å². The first-order valence-electron chi connectivity index (χ1n) is 7.47. The van der Waals surface area contributed by atoms with E-state index in [0.717, 1.165) is 5.56 Å². The van der Waals surface area contributed by atoms with Crippen LogP contribution in [0, 0.1) is 6.92 Å². The lowest BCUT2D eigenvalue weighted by molar-refractivity contribution is 0.0940. The molecular formula is C17H21N3O2. The lowest BCUT2D eigenvalue weighted by Gasteiger charge is -2.10. The van der Waals surface area contributed by atoms with Gasteiger partial charge in [0.05, 0.1) is 17.4 Å². The lowest BCUT2D eigenvalue weighted by atomic mass is 10.1. The van der Waals surface area contributed by atoms with Crippen molar-refractivity contribution in [1.29, 1.82) is 0 Å². The Balaban J connectivity index is 2.05. The summed E-state index contributed by atoms with van der Waals surface area (Å²) in [6.07, 6.45) is 2.41. The van der Waals surface area contributed by atoms with Crippen molar-refractivity contribution in [2.45, 2.75) is 32.8 Å². The quantitative estimate of drug-likeness (QED) is 0.858. The summed E-state index contributed by atoms with van der Waals surface area (Å²) >= 11 is 0. The largest absolute Gasteiger partial charge is 0.393 e. The molecule has 0 aliphatic rings. The van der Waals surface area contributed by atoms with Gasteiger partial charge in [-0.1, -0.05) is 37.3 Å². The fraction of sp³-hybridized carbons (Fsp3) is 0.353. The molecule has 5 heteroatoms. The maximum atomic E-state index is 12.1. The Morgan fingerprint density at radius 2 is 2.05 bits per heavy atom. The number of rotatable bonds is 6. The summed E-state index contributed by atoms with van der Waals surface area (Å²) in [5.74, 6) is 0.400. The van der Waals surface area contributed by atoms with Crippen LogP contribution in [0.4, 0.5) is 0 Å². The zero-order valence-corrected chi connectivity index (χ0v) is 12.9. The van der Waals surface area contributed by atoms with Crippen molar-refractivity contribution in [3.8, 4) is 11.4 Å². The molecule has 22 heavy (non-hydrogen) atoms. The number of hydrogen-bond acceptors (Lipinski definition) is 4. The molecular weight excluding hydrogens is 278 g/mol. The molecule has 0 saturated heterocycles. The molecule has 116 valence electrons. The van der Waals surface area contributed by atoms with Gasteiger partial charge in [-0.25, -0.2) is 9.97 Å². The minimum absolute atomic E-state index is 0.208. The summed E-state index contributed by atoms with van der Waals surface area (Å²) in [5, 5.41) is 12.3. The van der Waals surface area contributed by atoms with E-state index in [1.165, 1.54) is 0 Å². The molecule has 1 aromatic heterocycles. The van der Waals surface area contributed by atoms with Crippen LogP contribution in [0.1, 0.15) is 35.8 Å². The number of aromatic nitrogens is 2. The Bertz CT molecular complexity index is 629. The summed E-state index contributed by atoms with van der Waals surface area (Å²) < 4.78 is 0. The Hall–Kier alpha value is -2.27. The summed E-state index contributed by atoms with van der Waals surface area (Å²) in [6, 6.07) is 9.64. The second-order valence-electron chi connectivity index (χ2n) is 5.17. The van der Waals surface area contributed by atoms with Gasteiger partial charge in [0.25, 0.3) is 5.91 Å². The minimum atomic E-state index is -0.377. The molecule has 2 rings (SSSR count). The molecule has 0 spiro atoms. The van der Waals surface area contributed by atoms with E-state index in [2.05, 4.69) is 15.3 Å².